The molecule has 4 aromatic rings. The maximum atomic E-state index is 12.8. The lowest BCUT2D eigenvalue weighted by molar-refractivity contribution is 0.0709. The summed E-state index contributed by atoms with van der Waals surface area (Å²) in [7, 11) is 0. The topological polar surface area (TPSA) is 96.8 Å². The van der Waals surface area contributed by atoms with E-state index in [0.717, 1.165) is 23.3 Å². The number of amides is 1. The van der Waals surface area contributed by atoms with Gasteiger partial charge in [-0.25, -0.2) is 9.67 Å². The number of aromatic nitrogens is 5. The molecule has 1 amide bonds. The van der Waals surface area contributed by atoms with Gasteiger partial charge in [0.1, 0.15) is 5.82 Å². The van der Waals surface area contributed by atoms with Crippen LogP contribution in [0.25, 0.3) is 11.2 Å². The molecule has 5 rings (SSSR count). The Kier molecular flexibility index (Phi) is 5.29. The highest BCUT2D eigenvalue weighted by atomic mass is 35.5. The van der Waals surface area contributed by atoms with E-state index in [9.17, 15) is 9.59 Å². The molecule has 1 fully saturated rings. The Morgan fingerprint density at radius 1 is 1.29 bits per heavy atom. The van der Waals surface area contributed by atoms with Gasteiger partial charge in [0.05, 0.1) is 11.4 Å². The molecule has 1 atom stereocenters. The van der Waals surface area contributed by atoms with E-state index in [1.807, 2.05) is 40.6 Å². The maximum Gasteiger partial charge on any atom is 0.281 e. The van der Waals surface area contributed by atoms with Crippen molar-refractivity contribution in [1.29, 1.82) is 0 Å². The Morgan fingerprint density at radius 3 is 3.00 bits per heavy atom. The second-order valence-electron chi connectivity index (χ2n) is 7.57. The number of nitrogens with zero attached hydrogens (tertiary/aromatic N) is 5. The van der Waals surface area contributed by atoms with E-state index < -0.39 is 0 Å². The van der Waals surface area contributed by atoms with Crippen molar-refractivity contribution < 1.29 is 4.79 Å². The molecule has 1 N–H and O–H groups in total. The van der Waals surface area contributed by atoms with Gasteiger partial charge >= 0.3 is 0 Å². The number of halogens is 1. The Balaban J connectivity index is 1.44. The van der Waals surface area contributed by atoms with Crippen molar-refractivity contribution in [3.63, 3.8) is 0 Å². The van der Waals surface area contributed by atoms with E-state index in [2.05, 4.69) is 15.3 Å². The first-order chi connectivity index (χ1) is 15.1. The molecular weight excluding hydrogens is 436 g/mol. The van der Waals surface area contributed by atoms with Gasteiger partial charge in [0.2, 0.25) is 0 Å². The number of carbonyl (C=O) groups excluding carboxylic acids is 1. The normalized spacial score (nSPS) is 16.7. The lowest BCUT2D eigenvalue weighted by Crippen LogP contribution is -2.39. The van der Waals surface area contributed by atoms with Crippen molar-refractivity contribution in [3.8, 4) is 0 Å². The molecule has 0 saturated carbocycles. The van der Waals surface area contributed by atoms with Gasteiger partial charge in [-0.05, 0) is 42.0 Å². The van der Waals surface area contributed by atoms with Crippen LogP contribution < -0.4 is 5.56 Å². The lowest BCUT2D eigenvalue weighted by Gasteiger charge is -2.31. The van der Waals surface area contributed by atoms with Crippen molar-refractivity contribution in [2.75, 3.05) is 13.1 Å². The summed E-state index contributed by atoms with van der Waals surface area (Å²) in [6, 6.07) is 11.2. The summed E-state index contributed by atoms with van der Waals surface area (Å²) >= 11 is 7.52. The Labute approximate surface area is 186 Å². The first-order valence-corrected chi connectivity index (χ1v) is 11.2. The minimum atomic E-state index is -0.320. The van der Waals surface area contributed by atoms with Crippen LogP contribution in [0.15, 0.2) is 46.6 Å². The van der Waals surface area contributed by atoms with Crippen molar-refractivity contribution in [2.45, 2.75) is 25.3 Å². The molecule has 3 aromatic heterocycles. The zero-order valence-electron chi connectivity index (χ0n) is 16.5. The van der Waals surface area contributed by atoms with Crippen molar-refractivity contribution in [3.05, 3.63) is 73.4 Å². The number of carbonyl (C=O) groups is 1. The fourth-order valence-electron chi connectivity index (χ4n) is 3.93. The number of thiophene rings is 1. The Morgan fingerprint density at radius 2 is 2.19 bits per heavy atom. The molecule has 0 radical (unpaired) electrons. The lowest BCUT2D eigenvalue weighted by atomic mass is 9.97. The number of hydrogen-bond acceptors (Lipinski definition) is 6. The van der Waals surface area contributed by atoms with Gasteiger partial charge in [0.15, 0.2) is 11.2 Å². The molecule has 158 valence electrons. The molecule has 4 heterocycles. The molecule has 0 unspecified atom stereocenters. The van der Waals surface area contributed by atoms with Gasteiger partial charge in [-0.15, -0.1) is 16.4 Å². The molecular formula is C21H19ClN6O2S. The van der Waals surface area contributed by atoms with Crippen LogP contribution in [-0.4, -0.2) is 48.9 Å². The Hall–Kier alpha value is -3.04. The number of hydrogen-bond donors (Lipinski definition) is 1. The number of piperidine rings is 1. The highest BCUT2D eigenvalue weighted by Gasteiger charge is 2.28. The zero-order valence-corrected chi connectivity index (χ0v) is 18.1. The third-order valence-corrected chi connectivity index (χ3v) is 6.53. The third kappa shape index (κ3) is 3.98. The molecule has 1 aliphatic rings. The zero-order chi connectivity index (χ0) is 21.4. The largest absolute Gasteiger partial charge is 0.337 e. The number of rotatable bonds is 4. The average Bonchev–Trinajstić information content (AvgIpc) is 3.44. The van der Waals surface area contributed by atoms with Crippen LogP contribution in [0.5, 0.6) is 0 Å². The molecule has 31 heavy (non-hydrogen) atoms. The predicted molar refractivity (Wildman–Crippen MR) is 119 cm³/mol. The van der Waals surface area contributed by atoms with E-state index in [0.29, 0.717) is 36.1 Å². The predicted octanol–water partition coefficient (Wildman–Crippen LogP) is 3.30. The summed E-state index contributed by atoms with van der Waals surface area (Å²) in [6.07, 6.45) is 1.70. The van der Waals surface area contributed by atoms with Crippen LogP contribution in [0, 0.1) is 0 Å². The van der Waals surface area contributed by atoms with E-state index >= 15 is 0 Å². The van der Waals surface area contributed by atoms with Gasteiger partial charge in [0.25, 0.3) is 11.5 Å². The second-order valence-corrected chi connectivity index (χ2v) is 8.95. The number of fused-ring (bicyclic) bond motifs is 1. The number of nitrogens with one attached hydrogen (secondary N) is 1. The summed E-state index contributed by atoms with van der Waals surface area (Å²) in [5, 5.41) is 10.7. The van der Waals surface area contributed by atoms with Crippen LogP contribution in [0.1, 0.15) is 39.8 Å². The van der Waals surface area contributed by atoms with E-state index in [1.165, 1.54) is 11.3 Å². The smallest absolute Gasteiger partial charge is 0.281 e. The summed E-state index contributed by atoms with van der Waals surface area (Å²) < 4.78 is 1.61. The first-order valence-electron chi connectivity index (χ1n) is 9.99. The monoisotopic (exact) mass is 454 g/mol. The van der Waals surface area contributed by atoms with Crippen LogP contribution >= 0.6 is 22.9 Å². The third-order valence-electron chi connectivity index (χ3n) is 5.44. The maximum absolute atomic E-state index is 12.8. The number of benzene rings is 1. The van der Waals surface area contributed by atoms with Crippen LogP contribution in [0.3, 0.4) is 0 Å². The molecule has 1 aromatic carbocycles. The van der Waals surface area contributed by atoms with Gasteiger partial charge in [-0.3, -0.25) is 9.59 Å². The molecule has 1 aliphatic heterocycles. The second kappa shape index (κ2) is 8.24. The van der Waals surface area contributed by atoms with Gasteiger partial charge < -0.3 is 9.88 Å². The van der Waals surface area contributed by atoms with E-state index in [1.54, 1.807) is 10.7 Å². The van der Waals surface area contributed by atoms with Crippen molar-refractivity contribution in [1.82, 2.24) is 29.9 Å². The minimum absolute atomic E-state index is 0.0239. The minimum Gasteiger partial charge on any atom is -0.337 e. The molecule has 0 bridgehead atoms. The summed E-state index contributed by atoms with van der Waals surface area (Å²) in [6.45, 7) is 1.62. The van der Waals surface area contributed by atoms with Gasteiger partial charge in [0, 0.05) is 24.0 Å². The first kappa shape index (κ1) is 19.9. The standard InChI is InChI=1S/C21H19ClN6O2S/c22-15-6-1-4-13(10-15)11-28-19-17(25-26-28)20(29)24-18(23-19)14-5-2-8-27(12-14)21(30)16-7-3-9-31-16/h1,3-4,6-7,9-10,14H,2,5,8,11-12H2,(H,23,24,29)/t14-/m0/s1. The molecule has 10 heteroatoms. The van der Waals surface area contributed by atoms with E-state index in [4.69, 9.17) is 16.6 Å². The molecule has 1 saturated heterocycles. The highest BCUT2D eigenvalue weighted by molar-refractivity contribution is 7.12. The summed E-state index contributed by atoms with van der Waals surface area (Å²) in [4.78, 5) is 35.6. The fourth-order valence-corrected chi connectivity index (χ4v) is 4.84. The molecule has 0 spiro atoms. The molecule has 8 nitrogen and oxygen atoms in total. The fraction of sp³-hybridized carbons (Fsp3) is 0.286. The number of aromatic amines is 1. The van der Waals surface area contributed by atoms with Crippen LogP contribution in [0.2, 0.25) is 5.02 Å². The quantitative estimate of drug-likeness (QED) is 0.510. The van der Waals surface area contributed by atoms with Crippen molar-refractivity contribution >= 4 is 40.0 Å². The average molecular weight is 455 g/mol. The van der Waals surface area contributed by atoms with Crippen LogP contribution in [0.4, 0.5) is 0 Å². The number of H-pyrrole nitrogens is 1. The summed E-state index contributed by atoms with van der Waals surface area (Å²) in [5.74, 6) is 0.538. The van der Waals surface area contributed by atoms with Gasteiger partial charge in [-0.1, -0.05) is 35.0 Å². The highest BCUT2D eigenvalue weighted by Crippen LogP contribution is 2.26. The Bertz CT molecular complexity index is 1300. The summed E-state index contributed by atoms with van der Waals surface area (Å²) in [5.41, 5.74) is 1.25. The molecule has 0 aliphatic carbocycles. The number of likely N-dealkylation sites (tertiary alicyclic amines) is 1. The van der Waals surface area contributed by atoms with Crippen molar-refractivity contribution in [2.24, 2.45) is 0 Å². The van der Waals surface area contributed by atoms with Gasteiger partial charge in [-0.2, -0.15) is 0 Å². The van der Waals surface area contributed by atoms with Crippen LogP contribution in [-0.2, 0) is 6.54 Å². The van der Waals surface area contributed by atoms with E-state index in [-0.39, 0.29) is 22.9 Å². The SMILES string of the molecule is O=C(c1cccs1)N1CCC[C@H](c2nc3c(nnn3Cc3cccc(Cl)c3)c(=O)[nH]2)C1.